The zero-order chi connectivity index (χ0) is 29.0. The number of hydrogen-bond donors (Lipinski definition) is 4. The zero-order valence-electron chi connectivity index (χ0n) is 21.7. The molecular weight excluding hydrogens is 531 g/mol. The quantitative estimate of drug-likeness (QED) is 0.125. The standard InChI is InChI=1S/C24H27F3N6OS.C2H5NO/c1-16-6-8-17(9-7-16)20-15-21(24(25,26)27)31-33(20)18-10-12-19(13-11-18)35-32-22(34)5-3-2-4-14-30-23(28)29;1-2(3)4/h6-13,15H,2-5,14H2,1H3,(H,32,34)(H4,28,29,30);1H3,(H2,3,4). The lowest BCUT2D eigenvalue weighted by molar-refractivity contribution is -0.141. The van der Waals surface area contributed by atoms with E-state index < -0.39 is 11.9 Å². The Bertz CT molecular complexity index is 1250. The van der Waals surface area contributed by atoms with E-state index in [9.17, 15) is 22.8 Å². The molecule has 1 aromatic heterocycles. The maximum atomic E-state index is 13.4. The van der Waals surface area contributed by atoms with Crippen molar-refractivity contribution in [2.24, 2.45) is 22.2 Å². The van der Waals surface area contributed by atoms with Crippen molar-refractivity contribution >= 4 is 29.7 Å². The number of benzene rings is 2. The van der Waals surface area contributed by atoms with E-state index in [2.05, 4.69) is 20.5 Å². The van der Waals surface area contributed by atoms with Gasteiger partial charge in [-0.05, 0) is 62.0 Å². The van der Waals surface area contributed by atoms with Crippen molar-refractivity contribution in [2.75, 3.05) is 6.54 Å². The predicted molar refractivity (Wildman–Crippen MR) is 147 cm³/mol. The number of amides is 2. The molecule has 0 atom stereocenters. The maximum Gasteiger partial charge on any atom is 0.435 e. The number of rotatable bonds is 10. The SMILES string of the molecule is CC(N)=O.Cc1ccc(-c2cc(C(F)(F)F)nn2-c2ccc(SNC(=O)CCCCCN=C(N)N)cc2)cc1. The Morgan fingerprint density at radius 3 is 2.18 bits per heavy atom. The van der Waals surface area contributed by atoms with Crippen LogP contribution < -0.4 is 21.9 Å². The van der Waals surface area contributed by atoms with Crippen LogP contribution in [0.4, 0.5) is 13.2 Å². The van der Waals surface area contributed by atoms with E-state index >= 15 is 0 Å². The number of nitrogens with zero attached hydrogens (tertiary/aromatic N) is 3. The lowest BCUT2D eigenvalue weighted by Gasteiger charge is -2.09. The number of halogens is 3. The second-order valence-corrected chi connectivity index (χ2v) is 9.42. The molecule has 39 heavy (non-hydrogen) atoms. The average Bonchev–Trinajstić information content (AvgIpc) is 3.31. The number of aromatic nitrogens is 2. The molecule has 0 aliphatic rings. The van der Waals surface area contributed by atoms with Gasteiger partial charge in [0.2, 0.25) is 11.8 Å². The summed E-state index contributed by atoms with van der Waals surface area (Å²) in [4.78, 5) is 25.9. The van der Waals surface area contributed by atoms with E-state index in [1.165, 1.54) is 11.6 Å². The number of carbonyl (C=O) groups excluding carboxylic acids is 2. The molecule has 0 spiro atoms. The predicted octanol–water partition coefficient (Wildman–Crippen LogP) is 4.32. The molecule has 0 unspecified atom stereocenters. The molecule has 0 saturated heterocycles. The minimum Gasteiger partial charge on any atom is -0.370 e. The Morgan fingerprint density at radius 1 is 1.00 bits per heavy atom. The van der Waals surface area contributed by atoms with Gasteiger partial charge in [-0.25, -0.2) is 4.68 Å². The summed E-state index contributed by atoms with van der Waals surface area (Å²) in [6, 6.07) is 15.1. The molecule has 0 radical (unpaired) electrons. The molecule has 0 aliphatic carbocycles. The summed E-state index contributed by atoms with van der Waals surface area (Å²) in [5.74, 6) is -0.380. The number of carbonyl (C=O) groups is 2. The van der Waals surface area contributed by atoms with Crippen LogP contribution in [0.5, 0.6) is 0 Å². The third-order valence-electron chi connectivity index (χ3n) is 5.07. The van der Waals surface area contributed by atoms with Crippen molar-refractivity contribution in [1.29, 1.82) is 0 Å². The lowest BCUT2D eigenvalue weighted by atomic mass is 10.1. The average molecular weight is 564 g/mol. The number of hydrogen-bond acceptors (Lipinski definition) is 5. The summed E-state index contributed by atoms with van der Waals surface area (Å²) in [6.07, 6.45) is -1.84. The number of nitrogens with two attached hydrogens (primary N) is 3. The van der Waals surface area contributed by atoms with Crippen LogP contribution in [0.3, 0.4) is 0 Å². The molecule has 0 bridgehead atoms. The van der Waals surface area contributed by atoms with Gasteiger partial charge in [0, 0.05) is 30.3 Å². The third kappa shape index (κ3) is 11.1. The molecule has 3 rings (SSSR count). The van der Waals surface area contributed by atoms with Crippen molar-refractivity contribution in [3.05, 3.63) is 65.9 Å². The van der Waals surface area contributed by atoms with Crippen LogP contribution in [0.25, 0.3) is 16.9 Å². The molecule has 7 N–H and O–H groups in total. The van der Waals surface area contributed by atoms with E-state index in [1.54, 1.807) is 36.4 Å². The van der Waals surface area contributed by atoms with Gasteiger partial charge >= 0.3 is 6.18 Å². The first-order valence-electron chi connectivity index (χ1n) is 12.0. The Kier molecular flexibility index (Phi) is 11.9. The minimum absolute atomic E-state index is 0.0601. The van der Waals surface area contributed by atoms with Crippen LogP contribution in [0.2, 0.25) is 0 Å². The summed E-state index contributed by atoms with van der Waals surface area (Å²) >= 11 is 1.15. The van der Waals surface area contributed by atoms with Crippen LogP contribution in [0.1, 0.15) is 43.9 Å². The highest BCUT2D eigenvalue weighted by Crippen LogP contribution is 2.33. The van der Waals surface area contributed by atoms with Crippen molar-refractivity contribution < 1.29 is 22.8 Å². The number of alkyl halides is 3. The normalized spacial score (nSPS) is 10.8. The van der Waals surface area contributed by atoms with Crippen LogP contribution in [-0.4, -0.2) is 34.1 Å². The molecule has 2 amide bonds. The summed E-state index contributed by atoms with van der Waals surface area (Å²) in [5, 5.41) is 3.81. The number of primary amides is 1. The monoisotopic (exact) mass is 563 g/mol. The fourth-order valence-electron chi connectivity index (χ4n) is 3.25. The Balaban J connectivity index is 0.00000124. The summed E-state index contributed by atoms with van der Waals surface area (Å²) < 4.78 is 44.1. The molecule has 3 aromatic rings. The van der Waals surface area contributed by atoms with E-state index in [0.29, 0.717) is 36.3 Å². The smallest absolute Gasteiger partial charge is 0.370 e. The fourth-order valence-corrected chi connectivity index (χ4v) is 3.86. The van der Waals surface area contributed by atoms with Crippen LogP contribution in [-0.2, 0) is 15.8 Å². The Labute approximate surface area is 229 Å². The van der Waals surface area contributed by atoms with Crippen LogP contribution >= 0.6 is 11.9 Å². The van der Waals surface area contributed by atoms with E-state index in [4.69, 9.17) is 11.5 Å². The van der Waals surface area contributed by atoms with Crippen LogP contribution in [0, 0.1) is 6.92 Å². The highest BCUT2D eigenvalue weighted by molar-refractivity contribution is 7.98. The summed E-state index contributed by atoms with van der Waals surface area (Å²) in [5.41, 5.74) is 16.5. The molecule has 0 aliphatic heterocycles. The highest BCUT2D eigenvalue weighted by atomic mass is 32.2. The van der Waals surface area contributed by atoms with Gasteiger partial charge in [0.05, 0.1) is 11.4 Å². The molecule has 0 saturated carbocycles. The zero-order valence-corrected chi connectivity index (χ0v) is 22.5. The molecule has 2 aromatic carbocycles. The second-order valence-electron chi connectivity index (χ2n) is 8.54. The first-order valence-corrected chi connectivity index (χ1v) is 12.8. The molecule has 1 heterocycles. The van der Waals surface area contributed by atoms with Gasteiger partial charge in [-0.3, -0.25) is 19.3 Å². The van der Waals surface area contributed by atoms with Gasteiger partial charge in [-0.2, -0.15) is 18.3 Å². The lowest BCUT2D eigenvalue weighted by Crippen LogP contribution is -2.22. The number of aryl methyl sites for hydroxylation is 1. The van der Waals surface area contributed by atoms with E-state index in [-0.39, 0.29) is 17.8 Å². The van der Waals surface area contributed by atoms with Crippen molar-refractivity contribution in [2.45, 2.75) is 50.6 Å². The second kappa shape index (κ2) is 14.8. The number of aliphatic imine (C=N–C) groups is 1. The molecular formula is C26H32F3N7O2S. The van der Waals surface area contributed by atoms with Gasteiger partial charge in [0.1, 0.15) is 0 Å². The topological polar surface area (TPSA) is 154 Å². The largest absolute Gasteiger partial charge is 0.435 e. The van der Waals surface area contributed by atoms with Crippen molar-refractivity contribution in [1.82, 2.24) is 14.5 Å². The molecule has 210 valence electrons. The van der Waals surface area contributed by atoms with Gasteiger partial charge in [0.25, 0.3) is 0 Å². The molecule has 0 fully saturated rings. The first-order chi connectivity index (χ1) is 18.4. The van der Waals surface area contributed by atoms with Gasteiger partial charge in [0.15, 0.2) is 11.7 Å². The number of unbranched alkanes of at least 4 members (excludes halogenated alkanes) is 2. The van der Waals surface area contributed by atoms with E-state index in [1.807, 2.05) is 19.1 Å². The number of guanidine groups is 1. The first kappa shape index (κ1) is 31.2. The summed E-state index contributed by atoms with van der Waals surface area (Å²) in [6.45, 7) is 3.75. The van der Waals surface area contributed by atoms with Crippen LogP contribution in [0.15, 0.2) is 64.5 Å². The fraction of sp³-hybridized carbons (Fsp3) is 0.308. The van der Waals surface area contributed by atoms with Crippen molar-refractivity contribution in [3.63, 3.8) is 0 Å². The Hall–Kier alpha value is -4.00. The van der Waals surface area contributed by atoms with Gasteiger partial charge in [-0.15, -0.1) is 0 Å². The molecule has 13 heteroatoms. The van der Waals surface area contributed by atoms with Gasteiger partial charge in [-0.1, -0.05) is 36.2 Å². The maximum absolute atomic E-state index is 13.4. The highest BCUT2D eigenvalue weighted by Gasteiger charge is 2.35. The van der Waals surface area contributed by atoms with E-state index in [0.717, 1.165) is 41.3 Å². The Morgan fingerprint density at radius 2 is 1.62 bits per heavy atom. The number of nitrogens with one attached hydrogen (secondary N) is 1. The summed E-state index contributed by atoms with van der Waals surface area (Å²) in [7, 11) is 0. The minimum atomic E-state index is -4.56. The molecule has 9 nitrogen and oxygen atoms in total. The van der Waals surface area contributed by atoms with Crippen molar-refractivity contribution in [3.8, 4) is 16.9 Å². The third-order valence-corrected chi connectivity index (χ3v) is 5.91. The van der Waals surface area contributed by atoms with Gasteiger partial charge < -0.3 is 17.2 Å².